The van der Waals surface area contributed by atoms with Crippen molar-refractivity contribution in [2.24, 2.45) is 0 Å². The predicted molar refractivity (Wildman–Crippen MR) is 85.1 cm³/mol. The lowest BCUT2D eigenvalue weighted by Crippen LogP contribution is -2.30. The van der Waals surface area contributed by atoms with Crippen LogP contribution in [0.5, 0.6) is 0 Å². The number of nitrogens with one attached hydrogen (secondary N) is 1. The fourth-order valence-corrected chi connectivity index (χ4v) is 3.07. The highest BCUT2D eigenvalue weighted by molar-refractivity contribution is 7.13. The van der Waals surface area contributed by atoms with Gasteiger partial charge in [-0.3, -0.25) is 9.59 Å². The van der Waals surface area contributed by atoms with Crippen LogP contribution in [0.3, 0.4) is 0 Å². The van der Waals surface area contributed by atoms with Crippen molar-refractivity contribution in [2.75, 3.05) is 0 Å². The van der Waals surface area contributed by atoms with E-state index in [1.165, 1.54) is 35.6 Å². The van der Waals surface area contributed by atoms with Gasteiger partial charge in [0, 0.05) is 0 Å². The number of hydrogen-bond acceptors (Lipinski definition) is 4. The number of carboxylic acids is 1. The molecular formula is C16H17FN2O3S. The van der Waals surface area contributed by atoms with Crippen LogP contribution in [-0.2, 0) is 11.2 Å². The van der Waals surface area contributed by atoms with Gasteiger partial charge in [-0.15, -0.1) is 11.3 Å². The van der Waals surface area contributed by atoms with E-state index in [0.717, 1.165) is 11.4 Å². The minimum atomic E-state index is -1.05. The van der Waals surface area contributed by atoms with Gasteiger partial charge < -0.3 is 10.4 Å². The summed E-state index contributed by atoms with van der Waals surface area (Å²) in [5.74, 6) is -1.83. The Bertz CT molecular complexity index is 713. The molecule has 1 unspecified atom stereocenters. The normalized spacial score (nSPS) is 12.0. The van der Waals surface area contributed by atoms with Crippen molar-refractivity contribution in [3.8, 4) is 0 Å². The summed E-state index contributed by atoms with van der Waals surface area (Å²) in [5, 5.41) is 12.6. The van der Waals surface area contributed by atoms with Gasteiger partial charge in [-0.1, -0.05) is 19.1 Å². The monoisotopic (exact) mass is 336 g/mol. The zero-order chi connectivity index (χ0) is 17.0. The number of carbonyl (C=O) groups is 2. The van der Waals surface area contributed by atoms with E-state index in [1.54, 1.807) is 6.92 Å². The number of aliphatic carboxylic acids is 1. The summed E-state index contributed by atoms with van der Waals surface area (Å²) in [6, 6.07) is 4.69. The van der Waals surface area contributed by atoms with Crippen LogP contribution in [0.1, 0.15) is 45.3 Å². The van der Waals surface area contributed by atoms with Crippen LogP contribution in [0.4, 0.5) is 4.39 Å². The maximum Gasteiger partial charge on any atom is 0.305 e. The largest absolute Gasteiger partial charge is 0.481 e. The first-order chi connectivity index (χ1) is 10.9. The van der Waals surface area contributed by atoms with Crippen molar-refractivity contribution in [1.29, 1.82) is 0 Å². The standard InChI is InChI=1S/C16H17FN2O3S/c1-3-13-18-9(2)15(23-13)16(22)19-12(8-14(20)21)10-4-6-11(17)7-5-10/h4-7,12H,3,8H2,1-2H3,(H,19,22)(H,20,21). The minimum Gasteiger partial charge on any atom is -0.481 e. The van der Waals surface area contributed by atoms with Gasteiger partial charge in [0.1, 0.15) is 10.7 Å². The van der Waals surface area contributed by atoms with Gasteiger partial charge in [-0.05, 0) is 31.0 Å². The van der Waals surface area contributed by atoms with Crippen LogP contribution in [0.15, 0.2) is 24.3 Å². The molecule has 1 amide bonds. The fraction of sp³-hybridized carbons (Fsp3) is 0.312. The number of nitrogens with zero attached hydrogens (tertiary/aromatic N) is 1. The number of thiazole rings is 1. The molecule has 1 aromatic carbocycles. The Balaban J connectivity index is 2.22. The molecule has 1 atom stereocenters. The van der Waals surface area contributed by atoms with Crippen LogP contribution < -0.4 is 5.32 Å². The summed E-state index contributed by atoms with van der Waals surface area (Å²) in [6.45, 7) is 3.69. The molecule has 0 bridgehead atoms. The molecule has 1 aromatic heterocycles. The molecule has 2 N–H and O–H groups in total. The van der Waals surface area contributed by atoms with E-state index < -0.39 is 17.8 Å². The number of amides is 1. The number of carbonyl (C=O) groups excluding carboxylic acids is 1. The van der Waals surface area contributed by atoms with Crippen LogP contribution in [0, 0.1) is 12.7 Å². The number of rotatable bonds is 6. The van der Waals surface area contributed by atoms with Crippen molar-refractivity contribution in [1.82, 2.24) is 10.3 Å². The topological polar surface area (TPSA) is 79.3 Å². The van der Waals surface area contributed by atoms with E-state index >= 15 is 0 Å². The van der Waals surface area contributed by atoms with E-state index in [2.05, 4.69) is 10.3 Å². The van der Waals surface area contributed by atoms with Crippen molar-refractivity contribution in [2.45, 2.75) is 32.7 Å². The van der Waals surface area contributed by atoms with Gasteiger partial charge in [-0.25, -0.2) is 9.37 Å². The van der Waals surface area contributed by atoms with Gasteiger partial charge >= 0.3 is 5.97 Å². The number of aromatic nitrogens is 1. The molecule has 23 heavy (non-hydrogen) atoms. The third kappa shape index (κ3) is 4.35. The average molecular weight is 336 g/mol. The van der Waals surface area contributed by atoms with Gasteiger partial charge in [0.15, 0.2) is 0 Å². The quantitative estimate of drug-likeness (QED) is 0.849. The van der Waals surface area contributed by atoms with Gasteiger partial charge in [-0.2, -0.15) is 0 Å². The second-order valence-corrected chi connectivity index (χ2v) is 6.13. The van der Waals surface area contributed by atoms with Crippen molar-refractivity contribution >= 4 is 23.2 Å². The Kier molecular flexibility index (Phi) is 5.44. The smallest absolute Gasteiger partial charge is 0.305 e. The lowest BCUT2D eigenvalue weighted by molar-refractivity contribution is -0.137. The third-order valence-electron chi connectivity index (χ3n) is 3.31. The fourth-order valence-electron chi connectivity index (χ4n) is 2.16. The van der Waals surface area contributed by atoms with E-state index in [0.29, 0.717) is 16.1 Å². The molecule has 0 spiro atoms. The molecule has 7 heteroatoms. The molecule has 0 aliphatic heterocycles. The molecule has 0 fully saturated rings. The maximum absolute atomic E-state index is 13.0. The first-order valence-corrected chi connectivity index (χ1v) is 7.96. The lowest BCUT2D eigenvalue weighted by atomic mass is 10.0. The number of aryl methyl sites for hydroxylation is 2. The number of benzene rings is 1. The highest BCUT2D eigenvalue weighted by Gasteiger charge is 2.22. The van der Waals surface area contributed by atoms with E-state index in [9.17, 15) is 14.0 Å². The Morgan fingerprint density at radius 2 is 2.00 bits per heavy atom. The number of halogens is 1. The molecule has 2 rings (SSSR count). The first-order valence-electron chi connectivity index (χ1n) is 7.15. The zero-order valence-corrected chi connectivity index (χ0v) is 13.6. The number of carboxylic acid groups (broad SMARTS) is 1. The summed E-state index contributed by atoms with van der Waals surface area (Å²) >= 11 is 1.30. The van der Waals surface area contributed by atoms with Crippen molar-refractivity contribution in [3.05, 3.63) is 51.2 Å². The summed E-state index contributed by atoms with van der Waals surface area (Å²) in [4.78, 5) is 28.2. The van der Waals surface area contributed by atoms with Gasteiger partial charge in [0.2, 0.25) is 0 Å². The molecule has 122 valence electrons. The lowest BCUT2D eigenvalue weighted by Gasteiger charge is -2.17. The molecule has 0 radical (unpaired) electrons. The SMILES string of the molecule is CCc1nc(C)c(C(=O)NC(CC(=O)O)c2ccc(F)cc2)s1. The van der Waals surface area contributed by atoms with Gasteiger partial charge in [0.05, 0.1) is 23.2 Å². The maximum atomic E-state index is 13.0. The Labute approximate surface area is 137 Å². The number of hydrogen-bond donors (Lipinski definition) is 2. The molecule has 0 saturated heterocycles. The molecule has 1 heterocycles. The van der Waals surface area contributed by atoms with E-state index in [-0.39, 0.29) is 12.3 Å². The van der Waals surface area contributed by atoms with E-state index in [1.807, 2.05) is 6.92 Å². The minimum absolute atomic E-state index is 0.282. The summed E-state index contributed by atoms with van der Waals surface area (Å²) < 4.78 is 13.0. The van der Waals surface area contributed by atoms with Crippen LogP contribution in [0.25, 0.3) is 0 Å². The highest BCUT2D eigenvalue weighted by Crippen LogP contribution is 2.22. The summed E-state index contributed by atoms with van der Waals surface area (Å²) in [7, 11) is 0. The Morgan fingerprint density at radius 1 is 1.35 bits per heavy atom. The molecule has 2 aromatic rings. The molecular weight excluding hydrogens is 319 g/mol. The molecule has 0 saturated carbocycles. The van der Waals surface area contributed by atoms with Crippen molar-refractivity contribution < 1.29 is 19.1 Å². The van der Waals surface area contributed by atoms with Crippen LogP contribution >= 0.6 is 11.3 Å². The molecule has 0 aliphatic carbocycles. The Morgan fingerprint density at radius 3 is 2.52 bits per heavy atom. The van der Waals surface area contributed by atoms with Crippen LogP contribution in [0.2, 0.25) is 0 Å². The van der Waals surface area contributed by atoms with Gasteiger partial charge in [0.25, 0.3) is 5.91 Å². The Hall–Kier alpha value is -2.28. The average Bonchev–Trinajstić information content (AvgIpc) is 2.88. The van der Waals surface area contributed by atoms with Crippen molar-refractivity contribution in [3.63, 3.8) is 0 Å². The molecule has 0 aliphatic rings. The summed E-state index contributed by atoms with van der Waals surface area (Å²) in [5.41, 5.74) is 1.16. The third-order valence-corrected chi connectivity index (χ3v) is 4.61. The second-order valence-electron chi connectivity index (χ2n) is 5.05. The highest BCUT2D eigenvalue weighted by atomic mass is 32.1. The predicted octanol–water partition coefficient (Wildman–Crippen LogP) is 3.10. The van der Waals surface area contributed by atoms with E-state index in [4.69, 9.17) is 5.11 Å². The first kappa shape index (κ1) is 17.1. The molecule has 5 nitrogen and oxygen atoms in total. The second kappa shape index (κ2) is 7.32. The zero-order valence-electron chi connectivity index (χ0n) is 12.8. The van der Waals surface area contributed by atoms with Crippen LogP contribution in [-0.4, -0.2) is 22.0 Å². The summed E-state index contributed by atoms with van der Waals surface area (Å²) in [6.07, 6.45) is 0.450.